The lowest BCUT2D eigenvalue weighted by atomic mass is 10.1. The van der Waals surface area contributed by atoms with Crippen LogP contribution in [-0.2, 0) is 0 Å². The molecule has 1 aromatic carbocycles. The smallest absolute Gasteiger partial charge is 0.133 e. The van der Waals surface area contributed by atoms with E-state index in [1.807, 2.05) is 6.07 Å². The fraction of sp³-hybridized carbons (Fsp3) is 0.600. The summed E-state index contributed by atoms with van der Waals surface area (Å²) in [7, 11) is 0. The molecule has 1 atom stereocenters. The van der Waals surface area contributed by atoms with E-state index in [4.69, 9.17) is 4.74 Å². The van der Waals surface area contributed by atoms with Gasteiger partial charge in [-0.25, -0.2) is 0 Å². The number of ether oxygens (including phenoxy) is 1. The van der Waals surface area contributed by atoms with E-state index >= 15 is 0 Å². The minimum Gasteiger partial charge on any atom is -0.488 e. The molecular formula is C15H23NOS. The van der Waals surface area contributed by atoms with Crippen molar-refractivity contribution >= 4 is 11.8 Å². The van der Waals surface area contributed by atoms with E-state index in [-0.39, 0.29) is 6.10 Å². The number of hydrogen-bond acceptors (Lipinski definition) is 3. The Morgan fingerprint density at radius 2 is 2.06 bits per heavy atom. The summed E-state index contributed by atoms with van der Waals surface area (Å²) in [4.78, 5) is 1.22. The van der Waals surface area contributed by atoms with Crippen LogP contribution in [0, 0.1) is 5.92 Å². The molecule has 2 rings (SSSR count). The lowest BCUT2D eigenvalue weighted by molar-refractivity contribution is 0.145. The number of hydrogen-bond donors (Lipinski definition) is 1. The first kappa shape index (κ1) is 13.8. The monoisotopic (exact) mass is 265 g/mol. The maximum Gasteiger partial charge on any atom is 0.133 e. The van der Waals surface area contributed by atoms with Crippen molar-refractivity contribution in [2.24, 2.45) is 5.92 Å². The zero-order valence-electron chi connectivity index (χ0n) is 11.5. The molecule has 0 bridgehead atoms. The summed E-state index contributed by atoms with van der Waals surface area (Å²) in [5, 5.41) is 3.56. The van der Waals surface area contributed by atoms with Crippen LogP contribution in [0.5, 0.6) is 5.75 Å². The van der Waals surface area contributed by atoms with Crippen LogP contribution in [-0.4, -0.2) is 24.9 Å². The number of rotatable bonds is 7. The number of benzene rings is 1. The molecule has 1 aliphatic carbocycles. The zero-order chi connectivity index (χ0) is 13.0. The Hall–Kier alpha value is -0.670. The predicted octanol–water partition coefficient (Wildman–Crippen LogP) is 3.56. The van der Waals surface area contributed by atoms with Crippen molar-refractivity contribution in [2.75, 3.05) is 12.8 Å². The number of thioether (sulfide) groups is 1. The van der Waals surface area contributed by atoms with Gasteiger partial charge in [0.1, 0.15) is 11.9 Å². The topological polar surface area (TPSA) is 21.3 Å². The third-order valence-corrected chi connectivity index (χ3v) is 4.05. The lowest BCUT2D eigenvalue weighted by Crippen LogP contribution is -2.36. The molecule has 0 amide bonds. The molecule has 0 radical (unpaired) electrons. The molecule has 2 nitrogen and oxygen atoms in total. The molecule has 1 aromatic rings. The Morgan fingerprint density at radius 1 is 1.33 bits per heavy atom. The van der Waals surface area contributed by atoms with Crippen LogP contribution in [0.4, 0.5) is 0 Å². The van der Waals surface area contributed by atoms with E-state index in [9.17, 15) is 0 Å². The first-order valence-corrected chi connectivity index (χ1v) is 7.96. The second-order valence-electron chi connectivity index (χ2n) is 5.23. The highest BCUT2D eigenvalue weighted by Crippen LogP contribution is 2.29. The summed E-state index contributed by atoms with van der Waals surface area (Å²) in [6.45, 7) is 5.40. The van der Waals surface area contributed by atoms with Crippen LogP contribution in [0.2, 0.25) is 0 Å². The lowest BCUT2D eigenvalue weighted by Gasteiger charge is -2.24. The highest BCUT2D eigenvalue weighted by Gasteiger charge is 2.24. The summed E-state index contributed by atoms with van der Waals surface area (Å²) in [5.74, 6) is 1.53. The minimum atomic E-state index is 0.249. The van der Waals surface area contributed by atoms with Gasteiger partial charge in [-0.3, -0.25) is 0 Å². The Kier molecular flexibility index (Phi) is 4.95. The van der Waals surface area contributed by atoms with Gasteiger partial charge in [-0.1, -0.05) is 26.0 Å². The Labute approximate surface area is 114 Å². The Bertz CT molecular complexity index is 377. The minimum absolute atomic E-state index is 0.249. The fourth-order valence-electron chi connectivity index (χ4n) is 1.86. The molecule has 1 saturated carbocycles. The van der Waals surface area contributed by atoms with Crippen LogP contribution in [0.3, 0.4) is 0 Å². The second kappa shape index (κ2) is 6.48. The summed E-state index contributed by atoms with van der Waals surface area (Å²) >= 11 is 1.74. The van der Waals surface area contributed by atoms with Gasteiger partial charge in [0.2, 0.25) is 0 Å². The van der Waals surface area contributed by atoms with E-state index < -0.39 is 0 Å². The first-order chi connectivity index (χ1) is 8.70. The molecule has 1 N–H and O–H groups in total. The third-order valence-electron chi connectivity index (χ3n) is 3.28. The average molecular weight is 265 g/mol. The predicted molar refractivity (Wildman–Crippen MR) is 78.5 cm³/mol. The quantitative estimate of drug-likeness (QED) is 0.762. The van der Waals surface area contributed by atoms with Crippen molar-refractivity contribution in [1.82, 2.24) is 5.32 Å². The molecule has 1 aliphatic rings. The van der Waals surface area contributed by atoms with Crippen LogP contribution in [0.1, 0.15) is 26.7 Å². The van der Waals surface area contributed by atoms with Gasteiger partial charge in [-0.15, -0.1) is 11.8 Å². The maximum absolute atomic E-state index is 6.19. The van der Waals surface area contributed by atoms with Crippen molar-refractivity contribution in [2.45, 2.75) is 43.7 Å². The van der Waals surface area contributed by atoms with Gasteiger partial charge in [0.25, 0.3) is 0 Å². The van der Waals surface area contributed by atoms with Gasteiger partial charge in [0, 0.05) is 17.5 Å². The van der Waals surface area contributed by atoms with Crippen molar-refractivity contribution < 1.29 is 4.74 Å². The van der Waals surface area contributed by atoms with Crippen LogP contribution in [0.25, 0.3) is 0 Å². The van der Waals surface area contributed by atoms with Gasteiger partial charge in [-0.2, -0.15) is 0 Å². The van der Waals surface area contributed by atoms with Gasteiger partial charge < -0.3 is 10.1 Å². The third kappa shape index (κ3) is 3.92. The van der Waals surface area contributed by atoms with E-state index in [1.165, 1.54) is 17.7 Å². The van der Waals surface area contributed by atoms with Gasteiger partial charge in [0.15, 0.2) is 0 Å². The molecule has 1 unspecified atom stereocenters. The molecule has 1 fully saturated rings. The largest absolute Gasteiger partial charge is 0.488 e. The highest BCUT2D eigenvalue weighted by atomic mass is 32.2. The van der Waals surface area contributed by atoms with E-state index in [0.717, 1.165) is 18.3 Å². The average Bonchev–Trinajstić information content (AvgIpc) is 3.18. The summed E-state index contributed by atoms with van der Waals surface area (Å²) in [6, 6.07) is 9.03. The SMILES string of the molecule is CSc1ccccc1OC(CNC1CC1)C(C)C. The van der Waals surface area contributed by atoms with E-state index in [1.54, 1.807) is 11.8 Å². The zero-order valence-corrected chi connectivity index (χ0v) is 12.3. The van der Waals surface area contributed by atoms with Crippen molar-refractivity contribution in [3.8, 4) is 5.75 Å². The van der Waals surface area contributed by atoms with Crippen LogP contribution >= 0.6 is 11.8 Å². The molecule has 0 heterocycles. The molecule has 18 heavy (non-hydrogen) atoms. The number of para-hydroxylation sites is 1. The van der Waals surface area contributed by atoms with Gasteiger partial charge >= 0.3 is 0 Å². The second-order valence-corrected chi connectivity index (χ2v) is 6.08. The van der Waals surface area contributed by atoms with E-state index in [0.29, 0.717) is 5.92 Å². The van der Waals surface area contributed by atoms with Gasteiger partial charge in [0.05, 0.1) is 0 Å². The van der Waals surface area contributed by atoms with Crippen molar-refractivity contribution in [3.05, 3.63) is 24.3 Å². The molecule has 0 aromatic heterocycles. The van der Waals surface area contributed by atoms with Crippen molar-refractivity contribution in [3.63, 3.8) is 0 Å². The Morgan fingerprint density at radius 3 is 2.67 bits per heavy atom. The van der Waals surface area contributed by atoms with Crippen molar-refractivity contribution in [1.29, 1.82) is 0 Å². The number of nitrogens with one attached hydrogen (secondary N) is 1. The molecule has 100 valence electrons. The fourth-order valence-corrected chi connectivity index (χ4v) is 2.39. The van der Waals surface area contributed by atoms with Gasteiger partial charge in [-0.05, 0) is 37.1 Å². The molecule has 0 spiro atoms. The maximum atomic E-state index is 6.19. The first-order valence-electron chi connectivity index (χ1n) is 6.73. The normalized spacial score (nSPS) is 16.9. The Balaban J connectivity index is 1.97. The molecule has 3 heteroatoms. The summed E-state index contributed by atoms with van der Waals surface area (Å²) in [6.07, 6.45) is 4.99. The summed E-state index contributed by atoms with van der Waals surface area (Å²) in [5.41, 5.74) is 0. The van der Waals surface area contributed by atoms with E-state index in [2.05, 4.69) is 43.6 Å². The highest BCUT2D eigenvalue weighted by molar-refractivity contribution is 7.98. The molecule has 0 saturated heterocycles. The summed E-state index contributed by atoms with van der Waals surface area (Å²) < 4.78 is 6.19. The standard InChI is InChI=1S/C15H23NOS/c1-11(2)14(10-16-12-8-9-12)17-13-6-4-5-7-15(13)18-3/h4-7,11-12,14,16H,8-10H2,1-3H3. The molecular weight excluding hydrogens is 242 g/mol. The molecule has 0 aliphatic heterocycles. The van der Waals surface area contributed by atoms with Crippen LogP contribution < -0.4 is 10.1 Å². The van der Waals surface area contributed by atoms with Crippen LogP contribution in [0.15, 0.2) is 29.2 Å².